The first-order chi connectivity index (χ1) is 9.16. The summed E-state index contributed by atoms with van der Waals surface area (Å²) in [5.74, 6) is 0. The van der Waals surface area contributed by atoms with Gasteiger partial charge in [0.1, 0.15) is 12.2 Å². The highest BCUT2D eigenvalue weighted by atomic mass is 32.3. The van der Waals surface area contributed by atoms with Gasteiger partial charge in [0.05, 0.1) is 13.2 Å². The third-order valence-corrected chi connectivity index (χ3v) is 2.37. The summed E-state index contributed by atoms with van der Waals surface area (Å²) >= 11 is 0. The predicted octanol–water partition coefficient (Wildman–Crippen LogP) is -3.48. The first-order valence-corrected chi connectivity index (χ1v) is 7.05. The van der Waals surface area contributed by atoms with Crippen molar-refractivity contribution in [1.29, 1.82) is 0 Å². The zero-order valence-corrected chi connectivity index (χ0v) is 11.5. The summed E-state index contributed by atoms with van der Waals surface area (Å²) in [6.45, 7) is -1.05. The Labute approximate surface area is 118 Å². The second-order valence-electron chi connectivity index (χ2n) is 2.71. The van der Waals surface area contributed by atoms with Gasteiger partial charge in [0.2, 0.25) is 0 Å². The molecule has 0 aliphatic heterocycles. The maximum absolute atomic E-state index is 9.44. The molecule has 0 saturated heterocycles. The number of aliphatic hydroxyl groups excluding tert-OH is 4. The minimum atomic E-state index is -5.12. The third kappa shape index (κ3) is 32.4. The number of hydrogen-bond donors (Lipinski definition) is 8. The number of aliphatic hydroxyl groups is 4. The molecule has 0 heterocycles. The van der Waals surface area contributed by atoms with Crippen LogP contribution < -0.4 is 0 Å². The van der Waals surface area contributed by atoms with Gasteiger partial charge in [0, 0.05) is 0 Å². The van der Waals surface area contributed by atoms with Gasteiger partial charge in [-0.1, -0.05) is 0 Å². The number of rotatable bonds is 5. The van der Waals surface area contributed by atoms with Crippen molar-refractivity contribution in [1.82, 2.24) is 0 Å². The molecule has 2 unspecified atom stereocenters. The highest BCUT2D eigenvalue weighted by molar-refractivity contribution is 7.94. The molecular formula is C5H14O14S2. The van der Waals surface area contributed by atoms with Crippen molar-refractivity contribution < 1.29 is 65.0 Å². The van der Waals surface area contributed by atoms with E-state index in [0.29, 0.717) is 0 Å². The van der Waals surface area contributed by atoms with E-state index in [-0.39, 0.29) is 0 Å². The molecule has 0 amide bonds. The number of carboxylic acid groups (broad SMARTS) is 2. The largest absolute Gasteiger partial charge is 0.503 e. The van der Waals surface area contributed by atoms with Crippen LogP contribution in [0.5, 0.6) is 0 Å². The Bertz CT molecular complexity index is 422. The van der Waals surface area contributed by atoms with Gasteiger partial charge in [0.15, 0.2) is 0 Å². The number of carbonyl (C=O) groups is 1. The summed E-state index contributed by atoms with van der Waals surface area (Å²) in [6, 6.07) is 0. The summed E-state index contributed by atoms with van der Waals surface area (Å²) in [5.41, 5.74) is 0. The summed E-state index contributed by atoms with van der Waals surface area (Å²) in [6.07, 6.45) is -4.28. The molecule has 0 aromatic carbocycles. The van der Waals surface area contributed by atoms with E-state index in [4.69, 9.17) is 44.5 Å². The fourth-order valence-electron chi connectivity index (χ4n) is 0.352. The van der Waals surface area contributed by atoms with E-state index in [0.717, 1.165) is 0 Å². The number of hydrogen-bond acceptors (Lipinski definition) is 10. The fraction of sp³-hybridized carbons (Fsp3) is 0.800. The molecule has 0 aliphatic rings. The molecule has 14 nitrogen and oxygen atoms in total. The van der Waals surface area contributed by atoms with Gasteiger partial charge in [-0.2, -0.15) is 16.8 Å². The summed E-state index contributed by atoms with van der Waals surface area (Å²) in [4.78, 5) is 8.56. The van der Waals surface area contributed by atoms with Crippen molar-refractivity contribution in [3.8, 4) is 0 Å². The van der Waals surface area contributed by atoms with E-state index in [1.54, 1.807) is 0 Å². The van der Waals surface area contributed by atoms with Gasteiger partial charge >= 0.3 is 27.0 Å². The quantitative estimate of drug-likeness (QED) is 0.221. The van der Waals surface area contributed by atoms with Crippen molar-refractivity contribution in [3.05, 3.63) is 0 Å². The van der Waals surface area contributed by atoms with E-state index >= 15 is 0 Å². The normalized spacial score (nSPS) is 13.8. The minimum Gasteiger partial charge on any atom is -0.450 e. The van der Waals surface area contributed by atoms with Crippen LogP contribution in [-0.2, 0) is 24.4 Å². The van der Waals surface area contributed by atoms with Crippen LogP contribution in [0.25, 0.3) is 0 Å². The van der Waals surface area contributed by atoms with Gasteiger partial charge < -0.3 is 30.6 Å². The smallest absolute Gasteiger partial charge is 0.450 e. The van der Waals surface area contributed by atoms with Crippen molar-refractivity contribution in [2.24, 2.45) is 0 Å². The Morgan fingerprint density at radius 2 is 1.05 bits per heavy atom. The Kier molecular flexibility index (Phi) is 13.7. The van der Waals surface area contributed by atoms with Crippen LogP contribution in [0.1, 0.15) is 0 Å². The zero-order chi connectivity index (χ0) is 17.9. The molecular weight excluding hydrogens is 348 g/mol. The monoisotopic (exact) mass is 362 g/mol. The minimum absolute atomic E-state index is 0.526. The Morgan fingerprint density at radius 1 is 0.857 bits per heavy atom. The van der Waals surface area contributed by atoms with Crippen LogP contribution in [0, 0.1) is 0 Å². The second kappa shape index (κ2) is 11.5. The molecule has 0 radical (unpaired) electrons. The summed E-state index contributed by atoms with van der Waals surface area (Å²) in [7, 11) is -10.2. The fourth-order valence-corrected chi connectivity index (χ4v) is 1.22. The molecule has 21 heavy (non-hydrogen) atoms. The van der Waals surface area contributed by atoms with Gasteiger partial charge in [-0.15, -0.1) is 3.63 Å². The summed E-state index contributed by atoms with van der Waals surface area (Å²) in [5, 5.41) is 47.1. The third-order valence-electron chi connectivity index (χ3n) is 0.990. The van der Waals surface area contributed by atoms with E-state index in [2.05, 4.69) is 3.63 Å². The first-order valence-electron chi connectivity index (χ1n) is 4.32. The molecule has 0 saturated carbocycles. The molecule has 130 valence electrons. The molecule has 16 heteroatoms. The Balaban J connectivity index is -0.000000249. The molecule has 8 N–H and O–H groups in total. The lowest BCUT2D eigenvalue weighted by atomic mass is 10.2. The van der Waals surface area contributed by atoms with Crippen LogP contribution in [0.2, 0.25) is 0 Å². The molecule has 0 fully saturated rings. The Hall–Kier alpha value is -1.11. The highest BCUT2D eigenvalue weighted by Gasteiger charge is 2.15. The first kappa shape index (κ1) is 24.9. The lowest BCUT2D eigenvalue weighted by Gasteiger charge is -2.10. The van der Waals surface area contributed by atoms with E-state index in [9.17, 15) is 16.8 Å². The topological polar surface area (TPSA) is 256 Å². The molecule has 0 aromatic heterocycles. The van der Waals surface area contributed by atoms with Crippen LogP contribution in [-0.4, -0.2) is 88.2 Å². The Morgan fingerprint density at radius 3 is 1.10 bits per heavy atom. The molecule has 0 bridgehead atoms. The van der Waals surface area contributed by atoms with E-state index in [1.807, 2.05) is 0 Å². The molecule has 0 spiro atoms. The lowest BCUT2D eigenvalue weighted by Crippen LogP contribution is -2.31. The summed E-state index contributed by atoms with van der Waals surface area (Å²) < 4.78 is 55.6. The zero-order valence-electron chi connectivity index (χ0n) is 9.91. The van der Waals surface area contributed by atoms with Crippen molar-refractivity contribution in [2.75, 3.05) is 13.2 Å². The standard InChI is InChI=1S/C4H10O4.CH2O3.H2O7S2/c5-1-3(7)4(8)2-6;2-1(3)4;1-8(2,3)7-9(4,5)6/h3-8H,1-2H2;(H2,2,3,4);(H,1,2,3)(H,4,5,6). The predicted molar refractivity (Wildman–Crippen MR) is 61.0 cm³/mol. The highest BCUT2D eigenvalue weighted by Crippen LogP contribution is 1.91. The van der Waals surface area contributed by atoms with Gasteiger partial charge in [-0.25, -0.2) is 4.79 Å². The second-order valence-corrected chi connectivity index (χ2v) is 4.96. The van der Waals surface area contributed by atoms with Crippen LogP contribution in [0.3, 0.4) is 0 Å². The maximum Gasteiger partial charge on any atom is 0.503 e. The molecule has 2 atom stereocenters. The van der Waals surface area contributed by atoms with Crippen molar-refractivity contribution in [2.45, 2.75) is 12.2 Å². The van der Waals surface area contributed by atoms with Crippen LogP contribution in [0.4, 0.5) is 4.79 Å². The average Bonchev–Trinajstić information content (AvgIpc) is 2.21. The SMILES string of the molecule is O=C(O)O.O=S(=O)(O)OS(=O)(=O)O.OCC(O)C(O)CO. The molecule has 0 aliphatic carbocycles. The lowest BCUT2D eigenvalue weighted by molar-refractivity contribution is -0.0388. The van der Waals surface area contributed by atoms with Crippen LogP contribution in [0.15, 0.2) is 0 Å². The van der Waals surface area contributed by atoms with Gasteiger partial charge in [-0.3, -0.25) is 9.11 Å². The molecule has 0 aromatic rings. The molecule has 0 rings (SSSR count). The van der Waals surface area contributed by atoms with Crippen molar-refractivity contribution >= 4 is 27.0 Å². The van der Waals surface area contributed by atoms with E-state index in [1.165, 1.54) is 0 Å². The van der Waals surface area contributed by atoms with Crippen LogP contribution >= 0.6 is 0 Å². The average molecular weight is 362 g/mol. The van der Waals surface area contributed by atoms with Crippen molar-refractivity contribution in [3.63, 3.8) is 0 Å². The maximum atomic E-state index is 9.44. The van der Waals surface area contributed by atoms with Gasteiger partial charge in [0.25, 0.3) is 0 Å². The van der Waals surface area contributed by atoms with E-state index < -0.39 is 52.4 Å². The van der Waals surface area contributed by atoms with Gasteiger partial charge in [-0.05, 0) is 0 Å².